The van der Waals surface area contributed by atoms with E-state index < -0.39 is 4.92 Å². The molecule has 0 saturated carbocycles. The molecule has 0 aliphatic rings. The molecule has 7 heteroatoms. The number of halogens is 2. The highest BCUT2D eigenvalue weighted by Crippen LogP contribution is 2.27. The summed E-state index contributed by atoms with van der Waals surface area (Å²) in [6, 6.07) is 11.2. The van der Waals surface area contributed by atoms with Gasteiger partial charge >= 0.3 is 0 Å². The Morgan fingerprint density at radius 1 is 1.33 bits per heavy atom. The van der Waals surface area contributed by atoms with Crippen LogP contribution in [0.15, 0.2) is 40.9 Å². The third-order valence-corrected chi connectivity index (χ3v) is 3.45. The number of benzene rings is 2. The molecule has 0 bridgehead atoms. The van der Waals surface area contributed by atoms with Crippen molar-refractivity contribution >= 4 is 33.2 Å². The highest BCUT2D eigenvalue weighted by molar-refractivity contribution is 9.10. The SMILES string of the molecule is N#Cc1ccc(COc2cc(Br)cc([N+](=O)[O-])c2)c(Cl)c1. The standard InChI is InChI=1S/C14H8BrClN2O3/c15-11-4-12(18(19)20)6-13(5-11)21-8-10-2-1-9(7-17)3-14(10)16/h1-6H,8H2. The zero-order chi connectivity index (χ0) is 15.4. The van der Waals surface area contributed by atoms with Gasteiger partial charge in [0.15, 0.2) is 0 Å². The molecule has 0 spiro atoms. The van der Waals surface area contributed by atoms with Crippen molar-refractivity contribution in [2.45, 2.75) is 6.61 Å². The Kier molecular flexibility index (Phi) is 4.78. The van der Waals surface area contributed by atoms with E-state index in [1.54, 1.807) is 24.3 Å². The Morgan fingerprint density at radius 3 is 2.71 bits per heavy atom. The van der Waals surface area contributed by atoms with Crippen molar-refractivity contribution in [1.82, 2.24) is 0 Å². The van der Waals surface area contributed by atoms with Crippen molar-refractivity contribution in [2.24, 2.45) is 0 Å². The Labute approximate surface area is 134 Å². The van der Waals surface area contributed by atoms with Gasteiger partial charge < -0.3 is 4.74 Å². The maximum Gasteiger partial charge on any atom is 0.274 e. The van der Waals surface area contributed by atoms with Gasteiger partial charge in [0.25, 0.3) is 5.69 Å². The van der Waals surface area contributed by atoms with E-state index in [9.17, 15) is 10.1 Å². The topological polar surface area (TPSA) is 76.2 Å². The molecule has 0 aliphatic carbocycles. The number of nitro benzene ring substituents is 1. The molecular weight excluding hydrogens is 360 g/mol. The first-order chi connectivity index (χ1) is 9.99. The molecule has 0 radical (unpaired) electrons. The Hall–Kier alpha value is -2.10. The second-order valence-electron chi connectivity index (χ2n) is 4.11. The normalized spacial score (nSPS) is 9.95. The summed E-state index contributed by atoms with van der Waals surface area (Å²) in [6.45, 7) is 0.151. The molecule has 0 unspecified atom stereocenters. The van der Waals surface area contributed by atoms with E-state index in [4.69, 9.17) is 21.6 Å². The van der Waals surface area contributed by atoms with Gasteiger partial charge in [0.1, 0.15) is 12.4 Å². The van der Waals surface area contributed by atoms with Crippen LogP contribution in [0.3, 0.4) is 0 Å². The number of non-ortho nitro benzene ring substituents is 1. The van der Waals surface area contributed by atoms with Crippen LogP contribution in [0.2, 0.25) is 5.02 Å². The van der Waals surface area contributed by atoms with E-state index in [2.05, 4.69) is 15.9 Å². The maximum atomic E-state index is 10.8. The van der Waals surface area contributed by atoms with Gasteiger partial charge in [-0.05, 0) is 18.2 Å². The van der Waals surface area contributed by atoms with Crippen LogP contribution in [0.1, 0.15) is 11.1 Å². The Bertz CT molecular complexity index is 743. The molecule has 2 rings (SSSR count). The Morgan fingerprint density at radius 2 is 2.10 bits per heavy atom. The zero-order valence-corrected chi connectivity index (χ0v) is 12.9. The number of nitriles is 1. The van der Waals surface area contributed by atoms with Crippen molar-refractivity contribution in [3.63, 3.8) is 0 Å². The van der Waals surface area contributed by atoms with Gasteiger partial charge in [-0.2, -0.15) is 5.26 Å². The van der Waals surface area contributed by atoms with Crippen LogP contribution < -0.4 is 4.74 Å². The first-order valence-corrected chi connectivity index (χ1v) is 6.93. The minimum absolute atomic E-state index is 0.0645. The lowest BCUT2D eigenvalue weighted by Crippen LogP contribution is -1.98. The highest BCUT2D eigenvalue weighted by Gasteiger charge is 2.10. The first kappa shape index (κ1) is 15.3. The molecule has 0 aliphatic heterocycles. The predicted molar refractivity (Wildman–Crippen MR) is 81.3 cm³/mol. The maximum absolute atomic E-state index is 10.8. The molecule has 2 aromatic carbocycles. The number of hydrogen-bond donors (Lipinski definition) is 0. The van der Waals surface area contributed by atoms with Gasteiger partial charge in [0.2, 0.25) is 0 Å². The molecule has 0 fully saturated rings. The molecule has 0 amide bonds. The highest BCUT2D eigenvalue weighted by atomic mass is 79.9. The molecular formula is C14H8BrClN2O3. The van der Waals surface area contributed by atoms with E-state index in [0.717, 1.165) is 0 Å². The van der Waals surface area contributed by atoms with Gasteiger partial charge in [-0.3, -0.25) is 10.1 Å². The monoisotopic (exact) mass is 366 g/mol. The molecule has 0 N–H and O–H groups in total. The average Bonchev–Trinajstić information content (AvgIpc) is 2.45. The fourth-order valence-corrected chi connectivity index (χ4v) is 2.33. The van der Waals surface area contributed by atoms with Crippen molar-refractivity contribution in [2.75, 3.05) is 0 Å². The van der Waals surface area contributed by atoms with Crippen LogP contribution in [0.4, 0.5) is 5.69 Å². The van der Waals surface area contributed by atoms with Crippen LogP contribution in [0.25, 0.3) is 0 Å². The number of rotatable bonds is 4. The van der Waals surface area contributed by atoms with Gasteiger partial charge in [-0.15, -0.1) is 0 Å². The second-order valence-corrected chi connectivity index (χ2v) is 5.43. The summed E-state index contributed by atoms with van der Waals surface area (Å²) >= 11 is 9.23. The lowest BCUT2D eigenvalue weighted by atomic mass is 10.1. The van der Waals surface area contributed by atoms with E-state index in [1.807, 2.05) is 6.07 Å². The fraction of sp³-hybridized carbons (Fsp3) is 0.0714. The van der Waals surface area contributed by atoms with Crippen molar-refractivity contribution < 1.29 is 9.66 Å². The molecule has 0 saturated heterocycles. The van der Waals surface area contributed by atoms with Gasteiger partial charge in [0, 0.05) is 21.1 Å². The van der Waals surface area contributed by atoms with E-state index >= 15 is 0 Å². The van der Waals surface area contributed by atoms with Crippen molar-refractivity contribution in [3.05, 3.63) is 67.1 Å². The van der Waals surface area contributed by atoms with E-state index in [1.165, 1.54) is 12.1 Å². The summed E-state index contributed by atoms with van der Waals surface area (Å²) in [5.74, 6) is 0.358. The smallest absolute Gasteiger partial charge is 0.274 e. The van der Waals surface area contributed by atoms with Gasteiger partial charge in [-0.25, -0.2) is 0 Å². The summed E-state index contributed by atoms with van der Waals surface area (Å²) in [6.07, 6.45) is 0. The molecule has 0 heterocycles. The number of nitrogens with zero attached hydrogens (tertiary/aromatic N) is 2. The molecule has 2 aromatic rings. The summed E-state index contributed by atoms with van der Waals surface area (Å²) in [5, 5.41) is 20.0. The van der Waals surface area contributed by atoms with Crippen LogP contribution >= 0.6 is 27.5 Å². The summed E-state index contributed by atoms with van der Waals surface area (Å²) in [4.78, 5) is 10.3. The van der Waals surface area contributed by atoms with Crippen LogP contribution in [0.5, 0.6) is 5.75 Å². The summed E-state index contributed by atoms with van der Waals surface area (Å²) < 4.78 is 6.07. The Balaban J connectivity index is 2.17. The average molecular weight is 368 g/mol. The van der Waals surface area contributed by atoms with Gasteiger partial charge in [0.05, 0.1) is 22.6 Å². The number of nitro groups is 1. The molecule has 5 nitrogen and oxygen atoms in total. The largest absolute Gasteiger partial charge is 0.489 e. The summed E-state index contributed by atoms with van der Waals surface area (Å²) in [5.41, 5.74) is 1.09. The minimum Gasteiger partial charge on any atom is -0.489 e. The number of hydrogen-bond acceptors (Lipinski definition) is 4. The van der Waals surface area contributed by atoms with Gasteiger partial charge in [-0.1, -0.05) is 33.6 Å². The molecule has 106 valence electrons. The molecule has 21 heavy (non-hydrogen) atoms. The molecule has 0 atom stereocenters. The molecule has 0 aromatic heterocycles. The number of ether oxygens (including phenoxy) is 1. The van der Waals surface area contributed by atoms with E-state index in [-0.39, 0.29) is 12.3 Å². The van der Waals surface area contributed by atoms with E-state index in [0.29, 0.717) is 26.4 Å². The lowest BCUT2D eigenvalue weighted by Gasteiger charge is -2.08. The third kappa shape index (κ3) is 3.94. The zero-order valence-electron chi connectivity index (χ0n) is 10.5. The minimum atomic E-state index is -0.494. The fourth-order valence-electron chi connectivity index (χ4n) is 1.63. The second kappa shape index (κ2) is 6.57. The van der Waals surface area contributed by atoms with Crippen LogP contribution in [-0.2, 0) is 6.61 Å². The predicted octanol–water partition coefficient (Wildman–Crippen LogP) is 4.46. The first-order valence-electron chi connectivity index (χ1n) is 5.76. The van der Waals surface area contributed by atoms with Crippen molar-refractivity contribution in [3.8, 4) is 11.8 Å². The quantitative estimate of drug-likeness (QED) is 0.590. The summed E-state index contributed by atoms with van der Waals surface area (Å²) in [7, 11) is 0. The lowest BCUT2D eigenvalue weighted by molar-refractivity contribution is -0.385. The van der Waals surface area contributed by atoms with Crippen molar-refractivity contribution in [1.29, 1.82) is 5.26 Å². The third-order valence-electron chi connectivity index (χ3n) is 2.64. The van der Waals surface area contributed by atoms with Crippen LogP contribution in [0, 0.1) is 21.4 Å². The van der Waals surface area contributed by atoms with Crippen LogP contribution in [-0.4, -0.2) is 4.92 Å².